The Morgan fingerprint density at radius 2 is 0.970 bits per heavy atom. The summed E-state index contributed by atoms with van der Waals surface area (Å²) < 4.78 is 0. The molecule has 0 aromatic rings. The lowest BCUT2D eigenvalue weighted by molar-refractivity contribution is -0.135. The molecule has 0 aromatic carbocycles. The van der Waals surface area contributed by atoms with E-state index in [1.165, 1.54) is 140 Å². The zero-order valence-corrected chi connectivity index (χ0v) is 22.9. The molecular formula is C27H57N3O2S. The molecule has 0 aliphatic carbocycles. The van der Waals surface area contributed by atoms with Crippen molar-refractivity contribution in [2.75, 3.05) is 18.1 Å². The Hall–Kier alpha value is -0.910. The van der Waals surface area contributed by atoms with E-state index in [9.17, 15) is 4.79 Å². The molecule has 6 heteroatoms. The Bertz CT molecular complexity index is 373. The standard InChI is InChI=1S/C24H50S.C3H7N3O2/c1-3-5-7-9-11-13-15-17-19-21-23-25-24-22-20-18-16-14-12-10-8-6-4-2;4-3(5)6-1-2(7)8/h3-24H2,1-2H3;1H2,(H,7,8)(H4,4,5,6). The number of thioether (sulfide) groups is 1. The molecule has 0 aliphatic rings. The fourth-order valence-corrected chi connectivity index (χ4v) is 4.68. The van der Waals surface area contributed by atoms with Gasteiger partial charge in [0, 0.05) is 0 Å². The molecule has 0 aliphatic heterocycles. The molecule has 0 saturated carbocycles. The van der Waals surface area contributed by atoms with Crippen molar-refractivity contribution in [2.45, 2.75) is 142 Å². The molecular weight excluding hydrogens is 430 g/mol. The number of carboxylic acids is 1. The Morgan fingerprint density at radius 3 is 1.21 bits per heavy atom. The van der Waals surface area contributed by atoms with Gasteiger partial charge < -0.3 is 16.2 Å². The van der Waals surface area contributed by atoms with Crippen molar-refractivity contribution >= 4 is 23.7 Å². The van der Waals surface area contributed by atoms with E-state index < -0.39 is 5.97 Å². The third-order valence-corrected chi connectivity index (χ3v) is 6.87. The van der Waals surface area contributed by atoms with Crippen LogP contribution in [0.3, 0.4) is 0 Å². The highest BCUT2D eigenvalue weighted by molar-refractivity contribution is 7.99. The van der Waals surface area contributed by atoms with Crippen molar-refractivity contribution < 1.29 is 9.90 Å². The van der Waals surface area contributed by atoms with Gasteiger partial charge in [0.2, 0.25) is 0 Å². The summed E-state index contributed by atoms with van der Waals surface area (Å²) in [5, 5.41) is 16.5. The van der Waals surface area contributed by atoms with Gasteiger partial charge in [-0.3, -0.25) is 10.2 Å². The van der Waals surface area contributed by atoms with Gasteiger partial charge in [0.1, 0.15) is 6.54 Å². The van der Waals surface area contributed by atoms with Crippen LogP contribution in [0.5, 0.6) is 0 Å². The van der Waals surface area contributed by atoms with Gasteiger partial charge in [-0.2, -0.15) is 11.8 Å². The number of nitrogens with one attached hydrogen (secondary N) is 2. The van der Waals surface area contributed by atoms with Gasteiger partial charge >= 0.3 is 5.97 Å². The number of rotatable bonds is 24. The lowest BCUT2D eigenvalue weighted by Gasteiger charge is -2.04. The minimum atomic E-state index is -1.03. The maximum atomic E-state index is 9.69. The maximum absolute atomic E-state index is 9.69. The first-order valence-corrected chi connectivity index (χ1v) is 15.1. The second-order valence-electron chi connectivity index (χ2n) is 9.14. The van der Waals surface area contributed by atoms with Crippen LogP contribution in [0, 0.1) is 5.41 Å². The minimum absolute atomic E-state index is 0.296. The van der Waals surface area contributed by atoms with Crippen LogP contribution in [-0.2, 0) is 4.79 Å². The number of aliphatic carboxylic acids is 1. The van der Waals surface area contributed by atoms with Crippen LogP contribution in [0.25, 0.3) is 0 Å². The fourth-order valence-electron chi connectivity index (χ4n) is 3.66. The van der Waals surface area contributed by atoms with Crippen LogP contribution in [0.1, 0.15) is 142 Å². The smallest absolute Gasteiger partial charge is 0.322 e. The largest absolute Gasteiger partial charge is 0.480 e. The molecule has 0 amide bonds. The van der Waals surface area contributed by atoms with E-state index in [1.807, 2.05) is 0 Å². The molecule has 0 spiro atoms. The highest BCUT2D eigenvalue weighted by Crippen LogP contribution is 2.15. The highest BCUT2D eigenvalue weighted by Gasteiger charge is 1.96. The first kappa shape index (κ1) is 34.3. The molecule has 0 unspecified atom stereocenters. The van der Waals surface area contributed by atoms with E-state index in [0.717, 1.165) is 0 Å². The zero-order chi connectivity index (χ0) is 24.8. The van der Waals surface area contributed by atoms with E-state index in [2.05, 4.69) is 30.9 Å². The van der Waals surface area contributed by atoms with Crippen molar-refractivity contribution in [1.82, 2.24) is 5.32 Å². The summed E-state index contributed by atoms with van der Waals surface area (Å²) in [5.74, 6) is 1.47. The second-order valence-corrected chi connectivity index (χ2v) is 10.4. The Balaban J connectivity index is 0. The van der Waals surface area contributed by atoms with Crippen LogP contribution in [0.4, 0.5) is 0 Å². The summed E-state index contributed by atoms with van der Waals surface area (Å²) in [4.78, 5) is 9.69. The number of hydrogen-bond donors (Lipinski definition) is 4. The summed E-state index contributed by atoms with van der Waals surface area (Å²) in [7, 11) is 0. The highest BCUT2D eigenvalue weighted by atomic mass is 32.2. The van der Waals surface area contributed by atoms with Gasteiger partial charge in [0.25, 0.3) is 0 Å². The molecule has 0 atom stereocenters. The molecule has 0 saturated heterocycles. The average molecular weight is 488 g/mol. The molecule has 0 heterocycles. The third kappa shape index (κ3) is 38.7. The molecule has 0 rings (SSSR count). The lowest BCUT2D eigenvalue weighted by Crippen LogP contribution is -2.34. The van der Waals surface area contributed by atoms with Crippen LogP contribution >= 0.6 is 11.8 Å². The number of carboxylic acid groups (broad SMARTS) is 1. The lowest BCUT2D eigenvalue weighted by atomic mass is 10.1. The number of hydrogen-bond acceptors (Lipinski definition) is 3. The first-order chi connectivity index (χ1) is 16.0. The van der Waals surface area contributed by atoms with E-state index in [1.54, 1.807) is 0 Å². The molecule has 5 N–H and O–H groups in total. The van der Waals surface area contributed by atoms with E-state index >= 15 is 0 Å². The Labute approximate surface area is 210 Å². The maximum Gasteiger partial charge on any atom is 0.322 e. The minimum Gasteiger partial charge on any atom is -0.480 e. The van der Waals surface area contributed by atoms with Gasteiger partial charge in [-0.25, -0.2) is 0 Å². The Morgan fingerprint density at radius 1 is 0.667 bits per heavy atom. The first-order valence-electron chi connectivity index (χ1n) is 13.9. The van der Waals surface area contributed by atoms with E-state index in [0.29, 0.717) is 0 Å². The molecule has 33 heavy (non-hydrogen) atoms. The van der Waals surface area contributed by atoms with Crippen molar-refractivity contribution in [1.29, 1.82) is 5.41 Å². The van der Waals surface area contributed by atoms with Crippen molar-refractivity contribution in [3.63, 3.8) is 0 Å². The molecule has 198 valence electrons. The summed E-state index contributed by atoms with van der Waals surface area (Å²) in [6.07, 6.45) is 29.2. The molecule has 0 radical (unpaired) electrons. The topological polar surface area (TPSA) is 99.2 Å². The number of nitrogens with two attached hydrogens (primary N) is 1. The van der Waals surface area contributed by atoms with E-state index in [-0.39, 0.29) is 12.5 Å². The monoisotopic (exact) mass is 487 g/mol. The van der Waals surface area contributed by atoms with Gasteiger partial charge in [-0.05, 0) is 24.3 Å². The summed E-state index contributed by atoms with van der Waals surface area (Å²) in [6.45, 7) is 4.30. The van der Waals surface area contributed by atoms with Crippen molar-refractivity contribution in [3.8, 4) is 0 Å². The quantitative estimate of drug-likeness (QED) is 0.0626. The molecule has 0 aromatic heterocycles. The van der Waals surface area contributed by atoms with Gasteiger partial charge in [-0.15, -0.1) is 0 Å². The van der Waals surface area contributed by atoms with Crippen LogP contribution in [0.2, 0.25) is 0 Å². The summed E-state index contributed by atoms with van der Waals surface area (Å²) >= 11 is 2.21. The van der Waals surface area contributed by atoms with Crippen LogP contribution in [-0.4, -0.2) is 35.1 Å². The van der Waals surface area contributed by atoms with Crippen molar-refractivity contribution in [2.24, 2.45) is 5.73 Å². The van der Waals surface area contributed by atoms with Gasteiger partial charge in [-0.1, -0.05) is 129 Å². The van der Waals surface area contributed by atoms with Crippen LogP contribution < -0.4 is 11.1 Å². The fraction of sp³-hybridized carbons (Fsp3) is 0.926. The molecule has 5 nitrogen and oxygen atoms in total. The van der Waals surface area contributed by atoms with Gasteiger partial charge in [0.05, 0.1) is 0 Å². The van der Waals surface area contributed by atoms with Gasteiger partial charge in [0.15, 0.2) is 5.96 Å². The predicted octanol–water partition coefficient (Wildman–Crippen LogP) is 8.12. The zero-order valence-electron chi connectivity index (χ0n) is 22.1. The van der Waals surface area contributed by atoms with Crippen LogP contribution in [0.15, 0.2) is 0 Å². The van der Waals surface area contributed by atoms with Crippen molar-refractivity contribution in [3.05, 3.63) is 0 Å². The second kappa shape index (κ2) is 31.1. The Kier molecular flexibility index (Phi) is 32.3. The number of guanidine groups is 1. The average Bonchev–Trinajstić information content (AvgIpc) is 2.79. The SMILES string of the molecule is CCCCCCCCCCCCSCCCCCCCCCCCC.N=C(N)NCC(=O)O. The molecule has 0 fully saturated rings. The number of unbranched alkanes of at least 4 members (excludes halogenated alkanes) is 18. The summed E-state index contributed by atoms with van der Waals surface area (Å²) in [5.41, 5.74) is 4.75. The summed E-state index contributed by atoms with van der Waals surface area (Å²) in [6, 6.07) is 0. The molecule has 0 bridgehead atoms. The third-order valence-electron chi connectivity index (χ3n) is 5.71. The normalized spacial score (nSPS) is 10.5. The number of carbonyl (C=O) groups is 1. The predicted molar refractivity (Wildman–Crippen MR) is 149 cm³/mol. The van der Waals surface area contributed by atoms with E-state index in [4.69, 9.17) is 16.2 Å².